The van der Waals surface area contributed by atoms with Crippen molar-refractivity contribution in [3.05, 3.63) is 141 Å². The van der Waals surface area contributed by atoms with E-state index in [4.69, 9.17) is 9.84 Å². The predicted molar refractivity (Wildman–Crippen MR) is 183 cm³/mol. The summed E-state index contributed by atoms with van der Waals surface area (Å²) < 4.78 is 4.73. The average Bonchev–Trinajstić information content (AvgIpc) is 3.07. The SMILES string of the molecule is C.COC(=O)c1ccnc(Cc2cc(C#N)c3ncc(C)cc3c2)c1.Cc1cnc2c(C#N)cc(Cc3cc(C(=O)O)ccn3)cc2c1.[Li+].[OH-]. The van der Waals surface area contributed by atoms with E-state index in [9.17, 15) is 20.1 Å². The van der Waals surface area contributed by atoms with Gasteiger partial charge in [-0.25, -0.2) is 9.59 Å². The van der Waals surface area contributed by atoms with Gasteiger partial charge in [-0.1, -0.05) is 7.43 Å². The van der Waals surface area contributed by atoms with E-state index in [0.717, 1.165) is 38.7 Å². The minimum atomic E-state index is -0.982. The van der Waals surface area contributed by atoms with Crippen LogP contribution in [0.15, 0.2) is 85.5 Å². The maximum Gasteiger partial charge on any atom is 1.00 e. The van der Waals surface area contributed by atoms with Crippen LogP contribution in [0.1, 0.15) is 72.9 Å². The molecule has 0 aliphatic heterocycles. The van der Waals surface area contributed by atoms with Crippen molar-refractivity contribution in [2.45, 2.75) is 34.1 Å². The molecule has 6 aromatic rings. The second-order valence-corrected chi connectivity index (χ2v) is 10.9. The quantitative estimate of drug-likeness (QED) is 0.202. The Kier molecular flexibility index (Phi) is 14.5. The van der Waals surface area contributed by atoms with Crippen LogP contribution in [-0.2, 0) is 17.6 Å². The molecule has 11 nitrogen and oxygen atoms in total. The molecule has 12 heteroatoms. The van der Waals surface area contributed by atoms with E-state index in [0.29, 0.717) is 46.3 Å². The Hall–Kier alpha value is -5.96. The summed E-state index contributed by atoms with van der Waals surface area (Å²) in [5.74, 6) is -1.38. The molecular weight excluding hydrogens is 627 g/mol. The maximum absolute atomic E-state index is 11.6. The standard InChI is InChI=1S/C19H15N3O2.C18H13N3O2.CH4.Li.H2O/c1-12-5-15-6-13(7-16(10-20)18(15)22-11-12)8-17-9-14(3-4-21-17)19(23)24-2;1-11-4-14-5-12(6-15(9-19)17(14)21-10-11)7-16-8-13(18(22)23)2-3-20-16;;;/h3-7,9,11H,8H2,1-2H3;2-6,8,10H,7H2,1H3,(H,22,23);1H4;;1H2/q;;;+1;/p-1. The second kappa shape index (κ2) is 18.0. The van der Waals surface area contributed by atoms with Gasteiger partial charge < -0.3 is 15.3 Å². The summed E-state index contributed by atoms with van der Waals surface area (Å²) in [7, 11) is 1.35. The van der Waals surface area contributed by atoms with Crippen LogP contribution >= 0.6 is 0 Å². The number of aromatic nitrogens is 4. The molecule has 0 saturated heterocycles. The van der Waals surface area contributed by atoms with Gasteiger partial charge in [0.05, 0.1) is 40.4 Å². The summed E-state index contributed by atoms with van der Waals surface area (Å²) in [6.07, 6.45) is 7.53. The van der Waals surface area contributed by atoms with Gasteiger partial charge in [-0.15, -0.1) is 0 Å². The van der Waals surface area contributed by atoms with E-state index in [1.165, 1.54) is 19.4 Å². The van der Waals surface area contributed by atoms with Crippen molar-refractivity contribution in [2.24, 2.45) is 0 Å². The Bertz CT molecular complexity index is 2260. The van der Waals surface area contributed by atoms with Crippen molar-refractivity contribution < 1.29 is 43.8 Å². The third kappa shape index (κ3) is 9.56. The van der Waals surface area contributed by atoms with Crippen molar-refractivity contribution >= 4 is 33.7 Å². The van der Waals surface area contributed by atoms with Gasteiger partial charge in [-0.2, -0.15) is 10.5 Å². The Labute approximate surface area is 301 Å². The van der Waals surface area contributed by atoms with Gasteiger partial charge in [-0.05, 0) is 96.8 Å². The molecular formula is C38H33LiN6O5. The smallest absolute Gasteiger partial charge is 0.870 e. The molecule has 0 spiro atoms. The summed E-state index contributed by atoms with van der Waals surface area (Å²) in [4.78, 5) is 39.8. The van der Waals surface area contributed by atoms with Crippen molar-refractivity contribution in [3.8, 4) is 12.1 Å². The van der Waals surface area contributed by atoms with Crippen LogP contribution in [0.4, 0.5) is 0 Å². The Morgan fingerprint density at radius 3 is 1.58 bits per heavy atom. The third-order valence-corrected chi connectivity index (χ3v) is 7.27. The number of nitriles is 2. The van der Waals surface area contributed by atoms with Crippen LogP contribution in [0.25, 0.3) is 21.8 Å². The van der Waals surface area contributed by atoms with Crippen molar-refractivity contribution in [2.75, 3.05) is 7.11 Å². The first-order valence-electron chi connectivity index (χ1n) is 14.5. The largest absolute Gasteiger partial charge is 1.00 e. The number of ether oxygens (including phenoxy) is 1. The zero-order valence-electron chi connectivity index (χ0n) is 27.3. The summed E-state index contributed by atoms with van der Waals surface area (Å²) in [6.45, 7) is 3.91. The van der Waals surface area contributed by atoms with Crippen molar-refractivity contribution in [1.29, 1.82) is 10.5 Å². The monoisotopic (exact) mass is 660 g/mol. The van der Waals surface area contributed by atoms with Crippen molar-refractivity contribution in [1.82, 2.24) is 19.9 Å². The van der Waals surface area contributed by atoms with E-state index in [2.05, 4.69) is 32.1 Å². The summed E-state index contributed by atoms with van der Waals surface area (Å²) in [5.41, 5.74) is 8.36. The number of esters is 1. The first kappa shape index (κ1) is 40.2. The van der Waals surface area contributed by atoms with Gasteiger partial charge in [0.2, 0.25) is 0 Å². The van der Waals surface area contributed by atoms with Gasteiger partial charge in [0.1, 0.15) is 12.1 Å². The molecule has 0 fully saturated rings. The number of nitrogens with zero attached hydrogens (tertiary/aromatic N) is 6. The van der Waals surface area contributed by atoms with Gasteiger partial charge in [-0.3, -0.25) is 19.9 Å². The van der Waals surface area contributed by atoms with Gasteiger partial charge in [0.25, 0.3) is 0 Å². The number of fused-ring (bicyclic) bond motifs is 2. The minimum Gasteiger partial charge on any atom is -0.870 e. The Morgan fingerprint density at radius 1 is 0.720 bits per heavy atom. The molecule has 0 aliphatic rings. The van der Waals surface area contributed by atoms with Gasteiger partial charge in [0, 0.05) is 59.8 Å². The second-order valence-electron chi connectivity index (χ2n) is 10.9. The number of methoxy groups -OCH3 is 1. The van der Waals surface area contributed by atoms with Crippen LogP contribution in [0.5, 0.6) is 0 Å². The fourth-order valence-electron chi connectivity index (χ4n) is 5.16. The zero-order valence-corrected chi connectivity index (χ0v) is 27.3. The summed E-state index contributed by atoms with van der Waals surface area (Å²) in [5, 5.41) is 29.6. The number of benzene rings is 2. The minimum absolute atomic E-state index is 0. The fraction of sp³-hybridized carbons (Fsp3) is 0.158. The van der Waals surface area contributed by atoms with E-state index in [1.54, 1.807) is 42.9 Å². The molecule has 4 heterocycles. The Morgan fingerprint density at radius 2 is 1.16 bits per heavy atom. The van der Waals surface area contributed by atoms with Crippen LogP contribution in [0.3, 0.4) is 0 Å². The summed E-state index contributed by atoms with van der Waals surface area (Å²) in [6, 6.07) is 22.2. The first-order chi connectivity index (χ1) is 22.7. The molecule has 0 saturated carbocycles. The topological polar surface area (TPSA) is 193 Å². The molecule has 2 aromatic carbocycles. The molecule has 0 atom stereocenters. The molecule has 4 aromatic heterocycles. The zero-order chi connectivity index (χ0) is 33.5. The van der Waals surface area contributed by atoms with Crippen LogP contribution in [0.2, 0.25) is 0 Å². The molecule has 0 bridgehead atoms. The van der Waals surface area contributed by atoms with Crippen LogP contribution in [0, 0.1) is 36.5 Å². The molecule has 0 unspecified atom stereocenters. The fourth-order valence-corrected chi connectivity index (χ4v) is 5.16. The Balaban J connectivity index is 0.000000327. The number of rotatable bonds is 6. The average molecular weight is 661 g/mol. The number of carbonyl (C=O) groups is 2. The molecule has 2 N–H and O–H groups in total. The van der Waals surface area contributed by atoms with Crippen LogP contribution in [-0.4, -0.2) is 49.6 Å². The molecule has 0 amide bonds. The third-order valence-electron chi connectivity index (χ3n) is 7.27. The molecule has 6 rings (SSSR count). The number of aryl methyl sites for hydroxylation is 2. The van der Waals surface area contributed by atoms with Crippen LogP contribution < -0.4 is 18.9 Å². The van der Waals surface area contributed by atoms with E-state index in [-0.39, 0.29) is 37.3 Å². The number of carboxylic acid groups (broad SMARTS) is 1. The molecule has 0 radical (unpaired) electrons. The van der Waals surface area contributed by atoms with E-state index < -0.39 is 11.9 Å². The molecule has 50 heavy (non-hydrogen) atoms. The normalized spacial score (nSPS) is 9.78. The van der Waals surface area contributed by atoms with Gasteiger partial charge in [0.15, 0.2) is 0 Å². The first-order valence-corrected chi connectivity index (χ1v) is 14.5. The van der Waals surface area contributed by atoms with Gasteiger partial charge >= 0.3 is 30.8 Å². The number of pyridine rings is 4. The predicted octanol–water partition coefficient (Wildman–Crippen LogP) is 3.75. The maximum atomic E-state index is 11.6. The number of carbonyl (C=O) groups excluding carboxylic acids is 1. The number of carboxylic acids is 1. The molecule has 246 valence electrons. The molecule has 0 aliphatic carbocycles. The summed E-state index contributed by atoms with van der Waals surface area (Å²) >= 11 is 0. The van der Waals surface area contributed by atoms with E-state index >= 15 is 0 Å². The number of hydrogen-bond donors (Lipinski definition) is 1. The van der Waals surface area contributed by atoms with Crippen molar-refractivity contribution in [3.63, 3.8) is 0 Å². The van der Waals surface area contributed by atoms with E-state index in [1.807, 2.05) is 44.2 Å². The number of aromatic carboxylic acids is 1. The number of hydrogen-bond acceptors (Lipinski definition) is 10.